The molecule has 0 radical (unpaired) electrons. The van der Waals surface area contributed by atoms with Crippen LogP contribution in [0.5, 0.6) is 0 Å². The van der Waals surface area contributed by atoms with Crippen LogP contribution in [0.25, 0.3) is 10.9 Å². The molecule has 2 heterocycles. The molecule has 1 saturated heterocycles. The van der Waals surface area contributed by atoms with E-state index in [0.717, 1.165) is 16.5 Å². The van der Waals surface area contributed by atoms with E-state index in [1.807, 2.05) is 54.6 Å². The Kier molecular flexibility index (Phi) is 7.74. The van der Waals surface area contributed by atoms with E-state index >= 15 is 0 Å². The van der Waals surface area contributed by atoms with Crippen LogP contribution in [-0.4, -0.2) is 53.5 Å². The number of aromatic nitrogens is 1. The zero-order chi connectivity index (χ0) is 25.5. The predicted molar refractivity (Wildman–Crippen MR) is 132 cm³/mol. The number of Topliss-reactive ketones (excluding diaryl/α,β-unsaturated/α-hetero) is 1. The highest BCUT2D eigenvalue weighted by Gasteiger charge is 2.34. The molecule has 2 atom stereocenters. The van der Waals surface area contributed by atoms with Gasteiger partial charge in [-0.15, -0.1) is 0 Å². The van der Waals surface area contributed by atoms with E-state index in [9.17, 15) is 24.0 Å². The molecule has 3 aromatic rings. The molecule has 0 bridgehead atoms. The van der Waals surface area contributed by atoms with E-state index in [1.54, 1.807) is 6.07 Å². The van der Waals surface area contributed by atoms with E-state index in [0.29, 0.717) is 18.7 Å². The number of carbonyl (C=O) groups is 5. The summed E-state index contributed by atoms with van der Waals surface area (Å²) in [6, 6.07) is 16.9. The van der Waals surface area contributed by atoms with Crippen LogP contribution in [0.1, 0.15) is 28.9 Å². The van der Waals surface area contributed by atoms with Gasteiger partial charge in [-0.05, 0) is 30.5 Å². The summed E-state index contributed by atoms with van der Waals surface area (Å²) in [5.74, 6) is -3.56. The number of para-hydroxylation sites is 1. The van der Waals surface area contributed by atoms with Crippen molar-refractivity contribution in [2.45, 2.75) is 25.4 Å². The highest BCUT2D eigenvalue weighted by Crippen LogP contribution is 2.17. The van der Waals surface area contributed by atoms with Gasteiger partial charge in [0.1, 0.15) is 5.69 Å². The van der Waals surface area contributed by atoms with Crippen molar-refractivity contribution in [2.75, 3.05) is 13.1 Å². The Morgan fingerprint density at radius 2 is 1.72 bits per heavy atom. The molecule has 2 aromatic carbocycles. The van der Waals surface area contributed by atoms with Crippen molar-refractivity contribution in [2.24, 2.45) is 5.92 Å². The lowest BCUT2D eigenvalue weighted by Crippen LogP contribution is -2.51. The first-order valence-corrected chi connectivity index (χ1v) is 11.7. The third-order valence-corrected chi connectivity index (χ3v) is 6.04. The molecule has 0 spiro atoms. The van der Waals surface area contributed by atoms with Crippen LogP contribution in [0.15, 0.2) is 60.7 Å². The Balaban J connectivity index is 1.36. The van der Waals surface area contributed by atoms with Crippen molar-refractivity contribution in [1.82, 2.24) is 26.3 Å². The summed E-state index contributed by atoms with van der Waals surface area (Å²) in [4.78, 5) is 65.6. The van der Waals surface area contributed by atoms with Gasteiger partial charge in [0.15, 0.2) is 0 Å². The number of hydrogen-bond donors (Lipinski definition) is 5. The molecule has 10 nitrogen and oxygen atoms in total. The SMILES string of the molecule is O=C(CNC(=O)c1cc2ccccc2[nH]1)NC(CC1CCNC1=O)C(=O)C(=O)NCc1ccccc1. The molecule has 186 valence electrons. The van der Waals surface area contributed by atoms with Crippen molar-refractivity contribution in [3.63, 3.8) is 0 Å². The number of ketones is 1. The topological polar surface area (TPSA) is 149 Å². The second kappa shape index (κ2) is 11.3. The van der Waals surface area contributed by atoms with Crippen molar-refractivity contribution in [3.05, 3.63) is 71.9 Å². The maximum absolute atomic E-state index is 12.9. The van der Waals surface area contributed by atoms with Crippen molar-refractivity contribution in [3.8, 4) is 0 Å². The Labute approximate surface area is 207 Å². The largest absolute Gasteiger partial charge is 0.356 e. The number of benzene rings is 2. The predicted octanol–water partition coefficient (Wildman–Crippen LogP) is 0.794. The fourth-order valence-corrected chi connectivity index (χ4v) is 4.11. The Morgan fingerprint density at radius 3 is 2.44 bits per heavy atom. The Morgan fingerprint density at radius 1 is 0.972 bits per heavy atom. The summed E-state index contributed by atoms with van der Waals surface area (Å²) < 4.78 is 0. The maximum atomic E-state index is 12.9. The second-order valence-corrected chi connectivity index (χ2v) is 8.62. The normalized spacial score (nSPS) is 15.7. The lowest BCUT2D eigenvalue weighted by molar-refractivity contribution is -0.140. The number of amides is 4. The first-order chi connectivity index (χ1) is 17.4. The van der Waals surface area contributed by atoms with Gasteiger partial charge in [-0.25, -0.2) is 0 Å². The Bertz CT molecular complexity index is 1250. The summed E-state index contributed by atoms with van der Waals surface area (Å²) in [7, 11) is 0. The summed E-state index contributed by atoms with van der Waals surface area (Å²) in [6.45, 7) is 0.218. The number of carbonyl (C=O) groups excluding carboxylic acids is 5. The fourth-order valence-electron chi connectivity index (χ4n) is 4.11. The molecule has 0 aliphatic carbocycles. The van der Waals surface area contributed by atoms with Crippen LogP contribution in [0.3, 0.4) is 0 Å². The van der Waals surface area contributed by atoms with E-state index in [4.69, 9.17) is 0 Å². The maximum Gasteiger partial charge on any atom is 0.289 e. The monoisotopic (exact) mass is 489 g/mol. The average Bonchev–Trinajstić information content (AvgIpc) is 3.51. The molecule has 1 aliphatic rings. The number of fused-ring (bicyclic) bond motifs is 1. The molecule has 1 aromatic heterocycles. The fraction of sp³-hybridized carbons (Fsp3) is 0.269. The summed E-state index contributed by atoms with van der Waals surface area (Å²) in [6.07, 6.45) is 0.492. The quantitative estimate of drug-likeness (QED) is 0.267. The first kappa shape index (κ1) is 24.6. The Hall–Kier alpha value is -4.47. The molecule has 4 amide bonds. The lowest BCUT2D eigenvalue weighted by Gasteiger charge is -2.20. The molecule has 0 saturated carbocycles. The molecule has 4 rings (SSSR count). The highest BCUT2D eigenvalue weighted by molar-refractivity contribution is 6.38. The van der Waals surface area contributed by atoms with Gasteiger partial charge in [0, 0.05) is 29.9 Å². The minimum absolute atomic E-state index is 0.00880. The minimum Gasteiger partial charge on any atom is -0.356 e. The third kappa shape index (κ3) is 6.15. The van der Waals surface area contributed by atoms with Gasteiger partial charge < -0.3 is 26.3 Å². The van der Waals surface area contributed by atoms with Crippen molar-refractivity contribution in [1.29, 1.82) is 0 Å². The van der Waals surface area contributed by atoms with Crippen LogP contribution in [0.4, 0.5) is 0 Å². The number of rotatable bonds is 10. The lowest BCUT2D eigenvalue weighted by atomic mass is 9.95. The van der Waals surface area contributed by atoms with E-state index in [1.165, 1.54) is 0 Å². The van der Waals surface area contributed by atoms with Crippen LogP contribution < -0.4 is 21.3 Å². The van der Waals surface area contributed by atoms with Crippen LogP contribution >= 0.6 is 0 Å². The summed E-state index contributed by atoms with van der Waals surface area (Å²) >= 11 is 0. The van der Waals surface area contributed by atoms with Gasteiger partial charge in [0.25, 0.3) is 11.8 Å². The van der Waals surface area contributed by atoms with Gasteiger partial charge in [0.2, 0.25) is 17.6 Å². The van der Waals surface area contributed by atoms with Gasteiger partial charge >= 0.3 is 0 Å². The zero-order valence-electron chi connectivity index (χ0n) is 19.5. The zero-order valence-corrected chi connectivity index (χ0v) is 19.5. The number of aromatic amines is 1. The van der Waals surface area contributed by atoms with Crippen LogP contribution in [0, 0.1) is 5.92 Å². The van der Waals surface area contributed by atoms with Gasteiger partial charge in [-0.3, -0.25) is 24.0 Å². The molecular weight excluding hydrogens is 462 g/mol. The van der Waals surface area contributed by atoms with Gasteiger partial charge in [0.05, 0.1) is 12.6 Å². The average molecular weight is 490 g/mol. The number of hydrogen-bond acceptors (Lipinski definition) is 5. The molecule has 36 heavy (non-hydrogen) atoms. The molecule has 1 aliphatic heterocycles. The summed E-state index contributed by atoms with van der Waals surface area (Å²) in [5.41, 5.74) is 1.89. The molecule has 5 N–H and O–H groups in total. The highest BCUT2D eigenvalue weighted by atomic mass is 16.2. The van der Waals surface area contributed by atoms with Gasteiger partial charge in [-0.1, -0.05) is 48.5 Å². The number of H-pyrrole nitrogens is 1. The van der Waals surface area contributed by atoms with E-state index in [-0.39, 0.29) is 18.9 Å². The smallest absolute Gasteiger partial charge is 0.289 e. The van der Waals surface area contributed by atoms with Crippen molar-refractivity contribution >= 4 is 40.3 Å². The molecule has 1 fully saturated rings. The molecular formula is C26H27N5O5. The van der Waals surface area contributed by atoms with Crippen LogP contribution in [0.2, 0.25) is 0 Å². The standard InChI is InChI=1S/C26H27N5O5/c32-22(15-29-25(35)21-12-17-8-4-5-9-19(17)30-21)31-20(13-18-10-11-27-24(18)34)23(33)26(36)28-14-16-6-2-1-3-7-16/h1-9,12,18,20,30H,10-11,13-15H2,(H,27,34)(H,28,36)(H,29,35)(H,31,32). The minimum atomic E-state index is -1.20. The van der Waals surface area contributed by atoms with E-state index < -0.39 is 42.0 Å². The second-order valence-electron chi connectivity index (χ2n) is 8.62. The molecule has 10 heteroatoms. The van der Waals surface area contributed by atoms with Crippen LogP contribution in [-0.2, 0) is 25.7 Å². The third-order valence-electron chi connectivity index (χ3n) is 6.04. The van der Waals surface area contributed by atoms with E-state index in [2.05, 4.69) is 26.3 Å². The summed E-state index contributed by atoms with van der Waals surface area (Å²) in [5, 5.41) is 11.1. The van der Waals surface area contributed by atoms with Crippen molar-refractivity contribution < 1.29 is 24.0 Å². The first-order valence-electron chi connectivity index (χ1n) is 11.7. The molecule has 2 unspecified atom stereocenters. The van der Waals surface area contributed by atoms with Gasteiger partial charge in [-0.2, -0.15) is 0 Å². The number of nitrogens with one attached hydrogen (secondary N) is 5.